The maximum absolute atomic E-state index is 13.7. The van der Waals surface area contributed by atoms with Gasteiger partial charge in [-0.05, 0) is 89.0 Å². The zero-order valence-electron chi connectivity index (χ0n) is 30.5. The number of sulfonamides is 1. The zero-order chi connectivity index (χ0) is 37.8. The molecule has 1 aromatic rings. The van der Waals surface area contributed by atoms with E-state index in [0.29, 0.717) is 43.8 Å². The summed E-state index contributed by atoms with van der Waals surface area (Å²) in [6.45, 7) is 8.47. The number of amides is 6. The molecule has 0 bridgehead atoms. The highest BCUT2D eigenvalue weighted by atomic mass is 35.5. The lowest BCUT2D eigenvalue weighted by molar-refractivity contribution is -0.134. The summed E-state index contributed by atoms with van der Waals surface area (Å²) < 4.78 is 33.4. The first kappa shape index (κ1) is 39.6. The van der Waals surface area contributed by atoms with Crippen LogP contribution in [0.4, 0.5) is 9.59 Å². The van der Waals surface area contributed by atoms with Gasteiger partial charge in [-0.15, -0.1) is 0 Å². The normalized spacial score (nSPS) is 24.4. The minimum Gasteiger partial charge on any atom is -0.444 e. The first-order chi connectivity index (χ1) is 24.5. The van der Waals surface area contributed by atoms with Gasteiger partial charge in [0.05, 0.1) is 11.8 Å². The molecule has 0 aromatic heterocycles. The molecule has 2 aliphatic heterocycles. The van der Waals surface area contributed by atoms with E-state index in [2.05, 4.69) is 20.7 Å². The first-order valence-corrected chi connectivity index (χ1v) is 20.3. The van der Waals surface area contributed by atoms with Gasteiger partial charge in [0.15, 0.2) is 0 Å². The van der Waals surface area contributed by atoms with Crippen molar-refractivity contribution in [2.24, 2.45) is 5.92 Å². The van der Waals surface area contributed by atoms with E-state index in [-0.39, 0.29) is 42.9 Å². The maximum atomic E-state index is 13.7. The van der Waals surface area contributed by atoms with Gasteiger partial charge in [0, 0.05) is 36.1 Å². The number of nitrogens with zero attached hydrogens (tertiary/aromatic N) is 2. The largest absolute Gasteiger partial charge is 0.444 e. The van der Waals surface area contributed by atoms with Crippen LogP contribution >= 0.6 is 11.6 Å². The van der Waals surface area contributed by atoms with Gasteiger partial charge >= 0.3 is 12.1 Å². The second-order valence-corrected chi connectivity index (χ2v) is 18.4. The van der Waals surface area contributed by atoms with Crippen LogP contribution < -0.4 is 20.7 Å². The lowest BCUT2D eigenvalue weighted by Crippen LogP contribution is -2.56. The molecule has 0 unspecified atom stereocenters. The maximum Gasteiger partial charge on any atom is 0.410 e. The van der Waals surface area contributed by atoms with Crippen molar-refractivity contribution in [1.29, 1.82) is 0 Å². The predicted octanol–water partition coefficient (Wildman–Crippen LogP) is 4.09. The minimum atomic E-state index is -3.85. The number of hydrogen-bond donors (Lipinski definition) is 4. The van der Waals surface area contributed by atoms with Crippen LogP contribution in [0, 0.1) is 5.92 Å². The Balaban J connectivity index is 1.10. The van der Waals surface area contributed by atoms with Crippen molar-refractivity contribution in [1.82, 2.24) is 30.5 Å². The van der Waals surface area contributed by atoms with Crippen LogP contribution in [0.15, 0.2) is 18.2 Å². The second-order valence-electron chi connectivity index (χ2n) is 16.0. The van der Waals surface area contributed by atoms with E-state index in [4.69, 9.17) is 16.3 Å². The van der Waals surface area contributed by atoms with Crippen LogP contribution in [0.25, 0.3) is 0 Å². The molecule has 5 atom stereocenters. The molecule has 288 valence electrons. The number of carbonyl (C=O) groups excluding carboxylic acids is 5. The number of nitrogens with one attached hydrogen (secondary N) is 4. The quantitative estimate of drug-likeness (QED) is 0.143. The van der Waals surface area contributed by atoms with E-state index >= 15 is 0 Å². The number of ether oxygens (including phenoxy) is 1. The van der Waals surface area contributed by atoms with Crippen molar-refractivity contribution in [3.8, 4) is 0 Å². The smallest absolute Gasteiger partial charge is 0.410 e. The summed E-state index contributed by atoms with van der Waals surface area (Å²) in [5.74, 6) is -1.60. The zero-order valence-corrected chi connectivity index (χ0v) is 32.1. The van der Waals surface area contributed by atoms with Gasteiger partial charge in [0.25, 0.3) is 5.91 Å². The fraction of sp³-hybridized carbons (Fsp3) is 0.694. The molecule has 6 amide bonds. The molecule has 5 rings (SSSR count). The Hall–Kier alpha value is -3.59. The average molecular weight is 765 g/mol. The Bertz CT molecular complexity index is 1630. The van der Waals surface area contributed by atoms with E-state index in [1.807, 2.05) is 33.8 Å². The number of rotatable bonds is 16. The van der Waals surface area contributed by atoms with Crippen molar-refractivity contribution in [2.75, 3.05) is 6.54 Å². The Morgan fingerprint density at radius 1 is 1.06 bits per heavy atom. The van der Waals surface area contributed by atoms with Gasteiger partial charge < -0.3 is 25.6 Å². The standard InChI is InChI=1S/C36H53ClN6O8S/c1-23(38-33(47)40-35(2,3)4)10-8-6-5-7-9-11-26-18-36(26,32(46)41-52(49,50)29-14-15-29)39-31(45)30-17-28(21-43(30)22-44)51-34(48)42-19-24-12-13-27(37)16-25(24)20-42/h12-13,16,22-23,26,28-30H,5-11,14-15,17-21H2,1-4H3,(H,39,45)(H,41,46)(H2,38,40,47)/t23-,26-,28-,30+,36-/m1/s1. The Morgan fingerprint density at radius 2 is 1.75 bits per heavy atom. The number of likely N-dealkylation sites (tertiary alicyclic amines) is 1. The van der Waals surface area contributed by atoms with E-state index in [1.54, 1.807) is 12.1 Å². The molecule has 2 saturated carbocycles. The second kappa shape index (κ2) is 16.2. The fourth-order valence-corrected chi connectivity index (χ4v) is 8.74. The van der Waals surface area contributed by atoms with Crippen LogP contribution in [-0.4, -0.2) is 89.6 Å². The molecular formula is C36H53ClN6O8S. The third-order valence-electron chi connectivity index (χ3n) is 10.3. The number of unbranched alkanes of at least 4 members (excludes halogenated alkanes) is 4. The Kier molecular flexibility index (Phi) is 12.3. The lowest BCUT2D eigenvalue weighted by Gasteiger charge is -2.24. The van der Waals surface area contributed by atoms with Gasteiger partial charge in [0.1, 0.15) is 17.7 Å². The molecule has 52 heavy (non-hydrogen) atoms. The number of carbonyl (C=O) groups is 5. The Labute approximate surface area is 311 Å². The molecule has 1 aromatic carbocycles. The van der Waals surface area contributed by atoms with E-state index < -0.39 is 50.9 Å². The third kappa shape index (κ3) is 10.3. The van der Waals surface area contributed by atoms with Gasteiger partial charge in [-0.25, -0.2) is 18.0 Å². The van der Waals surface area contributed by atoms with E-state index in [9.17, 15) is 32.4 Å². The summed E-state index contributed by atoms with van der Waals surface area (Å²) in [7, 11) is -3.85. The van der Waals surface area contributed by atoms with Gasteiger partial charge in [0.2, 0.25) is 22.3 Å². The molecule has 1 saturated heterocycles. The molecule has 16 heteroatoms. The van der Waals surface area contributed by atoms with Crippen molar-refractivity contribution < 1.29 is 37.1 Å². The molecular weight excluding hydrogens is 712 g/mol. The number of fused-ring (bicyclic) bond motifs is 1. The molecule has 2 aliphatic carbocycles. The van der Waals surface area contributed by atoms with E-state index in [0.717, 1.165) is 49.7 Å². The third-order valence-corrected chi connectivity index (χ3v) is 12.3. The van der Waals surface area contributed by atoms with Crippen LogP contribution in [0.5, 0.6) is 0 Å². The number of halogens is 1. The summed E-state index contributed by atoms with van der Waals surface area (Å²) in [6, 6.07) is 4.30. The Morgan fingerprint density at radius 3 is 2.44 bits per heavy atom. The number of benzene rings is 1. The van der Waals surface area contributed by atoms with Crippen molar-refractivity contribution in [2.45, 2.75) is 146 Å². The highest BCUT2D eigenvalue weighted by molar-refractivity contribution is 7.91. The summed E-state index contributed by atoms with van der Waals surface area (Å²) >= 11 is 6.10. The molecule has 0 spiro atoms. The molecule has 3 fully saturated rings. The topological polar surface area (TPSA) is 183 Å². The minimum absolute atomic E-state index is 0.0115. The van der Waals surface area contributed by atoms with Gasteiger partial charge in [-0.2, -0.15) is 0 Å². The molecule has 0 radical (unpaired) electrons. The molecule has 2 heterocycles. The highest BCUT2D eigenvalue weighted by Gasteiger charge is 2.62. The monoisotopic (exact) mass is 764 g/mol. The summed E-state index contributed by atoms with van der Waals surface area (Å²) in [5, 5.41) is 8.66. The van der Waals surface area contributed by atoms with Gasteiger partial charge in [-0.1, -0.05) is 49.8 Å². The van der Waals surface area contributed by atoms with Crippen LogP contribution in [0.2, 0.25) is 5.02 Å². The van der Waals surface area contributed by atoms with Crippen LogP contribution in [0.1, 0.15) is 109 Å². The summed E-state index contributed by atoms with van der Waals surface area (Å²) in [5.41, 5.74) is 0.185. The molecule has 4 aliphatic rings. The predicted molar refractivity (Wildman–Crippen MR) is 194 cm³/mol. The SMILES string of the molecule is C[C@H](CCCCCCC[C@@H]1C[C@]1(NC(=O)[C@@H]1C[C@@H](OC(=O)N2Cc3ccc(Cl)cc3C2)CN1C=O)C(=O)NS(=O)(=O)C1CC1)NC(=O)NC(C)(C)C. The van der Waals surface area contributed by atoms with E-state index in [1.165, 1.54) is 9.80 Å². The van der Waals surface area contributed by atoms with Crippen molar-refractivity contribution >= 4 is 52.0 Å². The average Bonchev–Trinajstić information content (AvgIpc) is 3.94. The van der Waals surface area contributed by atoms with Crippen molar-refractivity contribution in [3.05, 3.63) is 34.3 Å². The summed E-state index contributed by atoms with van der Waals surface area (Å²) in [4.78, 5) is 67.2. The number of hydrogen-bond acceptors (Lipinski definition) is 8. The molecule has 14 nitrogen and oxygen atoms in total. The summed E-state index contributed by atoms with van der Waals surface area (Å²) in [6.07, 6.45) is 6.58. The lowest BCUT2D eigenvalue weighted by atomic mass is 10.0. The van der Waals surface area contributed by atoms with Crippen LogP contribution in [-0.2, 0) is 42.2 Å². The molecule has 4 N–H and O–H groups in total. The van der Waals surface area contributed by atoms with Crippen LogP contribution in [0.3, 0.4) is 0 Å². The fourth-order valence-electron chi connectivity index (χ4n) is 7.19. The van der Waals surface area contributed by atoms with Gasteiger partial charge in [-0.3, -0.25) is 24.0 Å². The van der Waals surface area contributed by atoms with Crippen molar-refractivity contribution in [3.63, 3.8) is 0 Å². The highest BCUT2D eigenvalue weighted by Crippen LogP contribution is 2.48. The first-order valence-electron chi connectivity index (χ1n) is 18.4. The number of urea groups is 1.